The van der Waals surface area contributed by atoms with Gasteiger partial charge in [-0.3, -0.25) is 33.4 Å². The molecule has 0 aliphatic heterocycles. The smallest absolute Gasteiger partial charge is 0.472 e. The molecule has 36 heteroatoms. The van der Waals surface area contributed by atoms with E-state index >= 15 is 8.78 Å². The number of phosphoric ester groups is 1. The largest absolute Gasteiger partial charge is 0.480 e. The molecule has 0 unspecified atom stereocenters. The van der Waals surface area contributed by atoms with Crippen LogP contribution in [0.15, 0.2) is 42.5 Å². The summed E-state index contributed by atoms with van der Waals surface area (Å²) in [6.45, 7) is -1.56. The number of pyridine rings is 1. The second-order valence-corrected chi connectivity index (χ2v) is 27.1. The number of phosphoric acid groups is 1. The van der Waals surface area contributed by atoms with E-state index in [9.17, 15) is 80.8 Å². The zero-order valence-electron chi connectivity index (χ0n) is 44.6. The minimum Gasteiger partial charge on any atom is -0.480 e. The number of halogens is 11. The van der Waals surface area contributed by atoms with Gasteiger partial charge in [0, 0.05) is 53.3 Å². The van der Waals surface area contributed by atoms with Gasteiger partial charge in [-0.1, -0.05) is 37.4 Å². The van der Waals surface area contributed by atoms with Crippen LogP contribution in [0, 0.1) is 34.8 Å². The van der Waals surface area contributed by atoms with Crippen molar-refractivity contribution in [3.05, 3.63) is 98.7 Å². The number of alkyl halides is 8. The van der Waals surface area contributed by atoms with Crippen molar-refractivity contribution in [3.63, 3.8) is 0 Å². The fourth-order valence-electron chi connectivity index (χ4n) is 9.47. The number of aliphatic carboxylic acids is 1. The van der Waals surface area contributed by atoms with E-state index in [4.69, 9.17) is 21.4 Å². The predicted octanol–water partition coefficient (Wildman–Crippen LogP) is 7.24. The Bertz CT molecular complexity index is 3860. The molecule has 7 rings (SSSR count). The number of carbonyl (C=O) groups is 4. The van der Waals surface area contributed by atoms with Crippen molar-refractivity contribution in [1.29, 1.82) is 0 Å². The Kier molecular flexibility index (Phi) is 18.1. The van der Waals surface area contributed by atoms with Crippen molar-refractivity contribution in [2.75, 3.05) is 26.1 Å². The van der Waals surface area contributed by atoms with E-state index in [1.54, 1.807) is 4.72 Å². The topological polar surface area (TPSA) is 309 Å². The zero-order valence-corrected chi connectivity index (χ0v) is 47.9. The number of nitrogens with zero attached hydrogens (tertiary/aromatic N) is 6. The van der Waals surface area contributed by atoms with Gasteiger partial charge in [-0.2, -0.15) is 45.3 Å². The molecule has 3 atom stereocenters. The SMILES string of the molecule is CC(C)(CC(=O)NS(=O)(=O)Cc1nn(CC(F)(F)F)c2c(-c3ccc(C#CC(C)(C)S(C)(=O)=O)nc3[C@H](Cc3cc(F)cc(F)c3)NC(=O)Cn3nc(C(F)(F)F)c4c3C(F)(F)[C@@H]3C[C@H]43)ccc(Cl)c12)CN(CC(=O)O)C(=O)OCOP(=O)(O)O. The van der Waals surface area contributed by atoms with E-state index < -0.39 is 205 Å². The molecular formula is C49H48ClF10N8O14PS2. The van der Waals surface area contributed by atoms with Crippen molar-refractivity contribution >= 4 is 74.1 Å². The van der Waals surface area contributed by atoms with Gasteiger partial charge in [0.2, 0.25) is 28.6 Å². The number of sulfone groups is 1. The predicted molar refractivity (Wildman–Crippen MR) is 276 cm³/mol. The van der Waals surface area contributed by atoms with Crippen LogP contribution in [-0.4, -0.2) is 122 Å². The molecule has 85 heavy (non-hydrogen) atoms. The zero-order chi connectivity index (χ0) is 63.5. The number of sulfonamides is 1. The van der Waals surface area contributed by atoms with Crippen LogP contribution in [-0.2, 0) is 85.4 Å². The number of carboxylic acid groups (broad SMARTS) is 1. The van der Waals surface area contributed by atoms with Crippen molar-refractivity contribution in [1.82, 2.24) is 39.5 Å². The van der Waals surface area contributed by atoms with Crippen molar-refractivity contribution in [2.24, 2.45) is 11.3 Å². The van der Waals surface area contributed by atoms with E-state index in [1.165, 1.54) is 27.7 Å². The van der Waals surface area contributed by atoms with Crippen LogP contribution in [0.25, 0.3) is 22.0 Å². The third-order valence-electron chi connectivity index (χ3n) is 13.2. The minimum atomic E-state index is -5.26. The lowest BCUT2D eigenvalue weighted by Crippen LogP contribution is -2.44. The Hall–Kier alpha value is -6.89. The Balaban J connectivity index is 1.33. The lowest BCUT2D eigenvalue weighted by molar-refractivity contribution is -0.143. The monoisotopic (exact) mass is 1290 g/mol. The van der Waals surface area contributed by atoms with Gasteiger partial charge in [-0.15, -0.1) is 0 Å². The number of hydrogen-bond donors (Lipinski definition) is 5. The number of benzene rings is 2. The Morgan fingerprint density at radius 3 is 2.16 bits per heavy atom. The molecule has 0 saturated heterocycles. The number of nitrogens with one attached hydrogen (secondary N) is 2. The van der Waals surface area contributed by atoms with E-state index in [0.29, 0.717) is 11.0 Å². The molecule has 5 N–H and O–H groups in total. The van der Waals surface area contributed by atoms with Gasteiger partial charge >= 0.3 is 32.2 Å². The van der Waals surface area contributed by atoms with Crippen LogP contribution in [0.3, 0.4) is 0 Å². The minimum absolute atomic E-state index is 0.160. The average molecular weight is 1290 g/mol. The number of rotatable bonds is 21. The van der Waals surface area contributed by atoms with Crippen LogP contribution in [0.5, 0.6) is 0 Å². The Morgan fingerprint density at radius 2 is 1.58 bits per heavy atom. The maximum Gasteiger partial charge on any atom is 0.472 e. The highest BCUT2D eigenvalue weighted by molar-refractivity contribution is 7.92. The number of hydrogen-bond acceptors (Lipinski definition) is 14. The summed E-state index contributed by atoms with van der Waals surface area (Å²) >= 11 is 6.63. The Labute approximate surface area is 480 Å². The second-order valence-electron chi connectivity index (χ2n) is 21.2. The first-order valence-electron chi connectivity index (χ1n) is 24.5. The quantitative estimate of drug-likeness (QED) is 0.0209. The summed E-state index contributed by atoms with van der Waals surface area (Å²) in [5.41, 5.74) is -8.47. The molecule has 1 fully saturated rings. The summed E-state index contributed by atoms with van der Waals surface area (Å²) in [5, 5.41) is 18.1. The summed E-state index contributed by atoms with van der Waals surface area (Å²) in [5.74, 6) is -9.73. The van der Waals surface area contributed by atoms with E-state index in [0.717, 1.165) is 42.7 Å². The number of carbonyl (C=O) groups excluding carboxylic acids is 3. The van der Waals surface area contributed by atoms with Crippen LogP contribution >= 0.6 is 19.4 Å². The van der Waals surface area contributed by atoms with Crippen molar-refractivity contribution < 1.29 is 109 Å². The highest BCUT2D eigenvalue weighted by Crippen LogP contribution is 2.68. The molecule has 2 aromatic carbocycles. The van der Waals surface area contributed by atoms with Crippen molar-refractivity contribution in [2.45, 2.75) is 101 Å². The van der Waals surface area contributed by atoms with Gasteiger partial charge in [-0.25, -0.2) is 44.5 Å². The van der Waals surface area contributed by atoms with Gasteiger partial charge in [0.05, 0.1) is 28.0 Å². The number of ether oxygens (including phenoxy) is 1. The van der Waals surface area contributed by atoms with Gasteiger partial charge in [0.1, 0.15) is 53.2 Å². The third kappa shape index (κ3) is 15.8. The lowest BCUT2D eigenvalue weighted by Gasteiger charge is -2.30. The first kappa shape index (κ1) is 65.6. The fourth-order valence-corrected chi connectivity index (χ4v) is 11.2. The first-order chi connectivity index (χ1) is 38.8. The Morgan fingerprint density at radius 1 is 0.941 bits per heavy atom. The summed E-state index contributed by atoms with van der Waals surface area (Å²) in [4.78, 5) is 74.5. The van der Waals surface area contributed by atoms with E-state index in [-0.39, 0.29) is 38.2 Å². The molecule has 5 aromatic rings. The van der Waals surface area contributed by atoms with Gasteiger partial charge in [-0.05, 0) is 79.8 Å². The van der Waals surface area contributed by atoms with E-state index in [1.807, 2.05) is 0 Å². The van der Waals surface area contributed by atoms with Crippen LogP contribution in [0.1, 0.15) is 92.1 Å². The summed E-state index contributed by atoms with van der Waals surface area (Å²) in [7, 11) is -14.2. The standard InChI is InChI=1S/C49H48ClF10N8O14PS2/c1-45(2,21-66(19-37(71)72)44(73)81-23-82-83(74,75)76)17-35(69)65-85(79,80)20-34-39-32(50)9-8-29(41(39)68(63-34)22-47(53,54)55)28-7-6-27(10-11-46(3,4)84(5,77)78)61-40(28)33(14-24-12-25(51)15-26(52)13-24)62-36(70)18-67-43-38(42(64-67)49(58,59)60)30-16-31(30)48(43,56)57/h6-9,12-13,15,30-31,33H,14,16-23H2,1-5H3,(H,62,70)(H,65,69)(H,71,72)(H2,74,75,76)/t30-,31+,33-/m0/s1. The highest BCUT2D eigenvalue weighted by Gasteiger charge is 2.68. The van der Waals surface area contributed by atoms with Crippen LogP contribution in [0.2, 0.25) is 5.02 Å². The summed E-state index contributed by atoms with van der Waals surface area (Å²) < 4.78 is 221. The number of fused-ring (bicyclic) bond motifs is 4. The maximum atomic E-state index is 15.7. The fraction of sp³-hybridized carbons (Fsp3) is 0.449. The molecule has 2 aliphatic carbocycles. The molecule has 0 spiro atoms. The average Bonchev–Trinajstić information content (AvgIpc) is 1.56. The molecule has 2 aliphatic rings. The molecule has 1 saturated carbocycles. The molecule has 0 radical (unpaired) electrons. The molecule has 3 amide bonds. The number of amides is 3. The van der Waals surface area contributed by atoms with E-state index in [2.05, 4.69) is 41.6 Å². The summed E-state index contributed by atoms with van der Waals surface area (Å²) in [6, 6.07) is 4.51. The highest BCUT2D eigenvalue weighted by atomic mass is 35.5. The third-order valence-corrected chi connectivity index (χ3v) is 17.1. The van der Waals surface area contributed by atoms with Crippen LogP contribution < -0.4 is 10.0 Å². The molecule has 3 heterocycles. The molecule has 3 aromatic heterocycles. The molecule has 0 bridgehead atoms. The lowest BCUT2D eigenvalue weighted by atomic mass is 9.88. The van der Waals surface area contributed by atoms with Gasteiger partial charge < -0.3 is 24.9 Å². The van der Waals surface area contributed by atoms with Gasteiger partial charge in [0.25, 0.3) is 5.92 Å². The molecular weight excluding hydrogens is 1250 g/mol. The van der Waals surface area contributed by atoms with Crippen molar-refractivity contribution in [3.8, 4) is 23.0 Å². The second kappa shape index (κ2) is 23.4. The maximum absolute atomic E-state index is 15.7. The van der Waals surface area contributed by atoms with Crippen LogP contribution in [0.4, 0.5) is 48.7 Å². The molecule has 22 nitrogen and oxygen atoms in total. The molecule has 462 valence electrons. The first-order valence-corrected chi connectivity index (χ1v) is 30.0. The number of carboxylic acids is 1. The normalized spacial score (nSPS) is 16.4. The van der Waals surface area contributed by atoms with Gasteiger partial charge in [0.15, 0.2) is 15.5 Å². The number of aromatic nitrogens is 5. The summed E-state index contributed by atoms with van der Waals surface area (Å²) in [6.07, 6.45) is -13.0.